The minimum atomic E-state index is -3.90. The second-order valence-corrected chi connectivity index (χ2v) is 11.0. The summed E-state index contributed by atoms with van der Waals surface area (Å²) in [5.74, 6) is 0.491. The largest absolute Gasteiger partial charge is 0.476 e. The van der Waals surface area contributed by atoms with Gasteiger partial charge in [-0.25, -0.2) is 8.42 Å². The van der Waals surface area contributed by atoms with Crippen LogP contribution in [-0.2, 0) is 14.8 Å². The second-order valence-electron chi connectivity index (χ2n) is 6.89. The third-order valence-electron chi connectivity index (χ3n) is 4.60. The molecule has 32 heavy (non-hydrogen) atoms. The number of amides is 1. The lowest BCUT2D eigenvalue weighted by Crippen LogP contribution is -2.48. The Morgan fingerprint density at radius 2 is 2.03 bits per heavy atom. The zero-order valence-corrected chi connectivity index (χ0v) is 19.5. The van der Waals surface area contributed by atoms with E-state index in [9.17, 15) is 13.2 Å². The number of nitrogens with one attached hydrogen (secondary N) is 1. The minimum absolute atomic E-state index is 0.145. The molecule has 0 saturated heterocycles. The van der Waals surface area contributed by atoms with Crippen LogP contribution in [0.15, 0.2) is 70.4 Å². The predicted molar refractivity (Wildman–Crippen MR) is 126 cm³/mol. The van der Waals surface area contributed by atoms with E-state index in [4.69, 9.17) is 4.74 Å². The molecule has 1 aromatic heterocycles. The van der Waals surface area contributed by atoms with Crippen LogP contribution in [0.3, 0.4) is 0 Å². The number of rotatable bonds is 7. The van der Waals surface area contributed by atoms with Gasteiger partial charge in [0.05, 0.1) is 17.1 Å². The minimum Gasteiger partial charge on any atom is -0.476 e. The number of benzene rings is 2. The summed E-state index contributed by atoms with van der Waals surface area (Å²) >= 11 is 2.68. The number of carbonyl (C=O) groups excluding carboxylic acids is 1. The molecular weight excluding hydrogens is 468 g/mol. The Hall–Kier alpha value is -2.89. The highest BCUT2D eigenvalue weighted by atomic mass is 32.2. The van der Waals surface area contributed by atoms with E-state index in [1.54, 1.807) is 54.6 Å². The maximum absolute atomic E-state index is 13.4. The third kappa shape index (κ3) is 4.64. The molecule has 166 valence electrons. The van der Waals surface area contributed by atoms with Crippen molar-refractivity contribution in [2.75, 3.05) is 21.9 Å². The maximum Gasteiger partial charge on any atom is 0.269 e. The smallest absolute Gasteiger partial charge is 0.269 e. The van der Waals surface area contributed by atoms with Gasteiger partial charge in [-0.3, -0.25) is 14.4 Å². The first-order valence-electron chi connectivity index (χ1n) is 9.61. The van der Waals surface area contributed by atoms with Crippen LogP contribution >= 0.6 is 23.1 Å². The first-order valence-corrected chi connectivity index (χ1v) is 12.9. The summed E-state index contributed by atoms with van der Waals surface area (Å²) in [5.41, 5.74) is 1.34. The second kappa shape index (κ2) is 9.31. The molecular formula is C21H20N4O4S3. The van der Waals surface area contributed by atoms with E-state index in [2.05, 4.69) is 22.1 Å². The molecule has 1 amide bonds. The quantitative estimate of drug-likeness (QED) is 0.307. The molecule has 0 spiro atoms. The predicted octanol–water partition coefficient (Wildman–Crippen LogP) is 3.72. The van der Waals surface area contributed by atoms with Gasteiger partial charge in [0.15, 0.2) is 10.4 Å². The Balaban J connectivity index is 1.59. The molecule has 0 bridgehead atoms. The Morgan fingerprint density at radius 3 is 2.78 bits per heavy atom. The van der Waals surface area contributed by atoms with Crippen LogP contribution in [0, 0.1) is 6.92 Å². The molecule has 0 fully saturated rings. The lowest BCUT2D eigenvalue weighted by atomic mass is 10.2. The van der Waals surface area contributed by atoms with Gasteiger partial charge >= 0.3 is 0 Å². The fourth-order valence-electron chi connectivity index (χ4n) is 3.04. The van der Waals surface area contributed by atoms with E-state index >= 15 is 0 Å². The highest BCUT2D eigenvalue weighted by molar-refractivity contribution is 8.01. The number of hydrogen-bond donors (Lipinski definition) is 1. The van der Waals surface area contributed by atoms with Crippen molar-refractivity contribution in [1.29, 1.82) is 0 Å². The van der Waals surface area contributed by atoms with Gasteiger partial charge in [-0.05, 0) is 31.2 Å². The lowest BCUT2D eigenvalue weighted by molar-refractivity contribution is -0.122. The van der Waals surface area contributed by atoms with Gasteiger partial charge < -0.3 is 4.74 Å². The van der Waals surface area contributed by atoms with Crippen molar-refractivity contribution in [2.45, 2.75) is 22.3 Å². The van der Waals surface area contributed by atoms with Crippen molar-refractivity contribution >= 4 is 49.8 Å². The lowest BCUT2D eigenvalue weighted by Gasteiger charge is -2.34. The van der Waals surface area contributed by atoms with E-state index in [1.807, 2.05) is 6.92 Å². The molecule has 3 aromatic rings. The van der Waals surface area contributed by atoms with Gasteiger partial charge in [-0.15, -0.1) is 16.8 Å². The molecule has 0 aliphatic carbocycles. The molecule has 0 radical (unpaired) electrons. The molecule has 0 saturated carbocycles. The molecule has 8 nitrogen and oxygen atoms in total. The molecule has 1 aliphatic heterocycles. The number of hydrogen-bond acceptors (Lipinski definition) is 8. The number of aromatic nitrogens is 2. The van der Waals surface area contributed by atoms with Crippen molar-refractivity contribution in [3.8, 4) is 5.75 Å². The molecule has 2 aromatic carbocycles. The number of thioether (sulfide) groups is 1. The van der Waals surface area contributed by atoms with Gasteiger partial charge in [0.1, 0.15) is 5.75 Å². The van der Waals surface area contributed by atoms with Crippen molar-refractivity contribution < 1.29 is 17.9 Å². The highest BCUT2D eigenvalue weighted by Gasteiger charge is 2.37. The standard InChI is InChI=1S/C21H20N4O4S3/c1-3-12-30-21-24-23-20(31-21)22-19(26)18-13-25(16-6-4-5-7-17(16)29-18)32(27,28)15-10-8-14(2)9-11-15/h3-11,18H,1,12-13H2,2H3,(H,22,23,26)/t18-/m0/s1. The van der Waals surface area contributed by atoms with E-state index < -0.39 is 22.0 Å². The van der Waals surface area contributed by atoms with E-state index in [1.165, 1.54) is 27.4 Å². The van der Waals surface area contributed by atoms with Crippen LogP contribution in [0.1, 0.15) is 5.56 Å². The van der Waals surface area contributed by atoms with Gasteiger partial charge in [-0.1, -0.05) is 59.0 Å². The Bertz CT molecular complexity index is 1240. The average molecular weight is 489 g/mol. The van der Waals surface area contributed by atoms with Crippen molar-refractivity contribution in [3.05, 3.63) is 66.7 Å². The molecule has 1 atom stereocenters. The fourth-order valence-corrected chi connectivity index (χ4v) is 6.03. The van der Waals surface area contributed by atoms with Gasteiger partial charge in [0.2, 0.25) is 5.13 Å². The maximum atomic E-state index is 13.4. The SMILES string of the molecule is C=CCSc1nnc(NC(=O)[C@@H]2CN(S(=O)(=O)c3ccc(C)cc3)c3ccccc3O2)s1. The van der Waals surface area contributed by atoms with Crippen LogP contribution in [0.4, 0.5) is 10.8 Å². The summed E-state index contributed by atoms with van der Waals surface area (Å²) in [7, 11) is -3.90. The molecule has 11 heteroatoms. The molecule has 0 unspecified atom stereocenters. The van der Waals surface area contributed by atoms with E-state index in [0.29, 0.717) is 26.7 Å². The Labute approximate surface area is 194 Å². The average Bonchev–Trinajstić information content (AvgIpc) is 3.24. The van der Waals surface area contributed by atoms with Crippen molar-refractivity contribution in [1.82, 2.24) is 10.2 Å². The van der Waals surface area contributed by atoms with Crippen LogP contribution in [-0.4, -0.2) is 42.9 Å². The summed E-state index contributed by atoms with van der Waals surface area (Å²) in [5, 5.41) is 11.0. The monoisotopic (exact) mass is 488 g/mol. The third-order valence-corrected chi connectivity index (χ3v) is 8.36. The number of aryl methyl sites for hydroxylation is 1. The number of anilines is 2. The number of para-hydroxylation sites is 2. The van der Waals surface area contributed by atoms with Crippen molar-refractivity contribution in [3.63, 3.8) is 0 Å². The molecule has 1 aliphatic rings. The number of nitrogens with zero attached hydrogens (tertiary/aromatic N) is 3. The Morgan fingerprint density at radius 1 is 1.28 bits per heavy atom. The number of carbonyl (C=O) groups is 1. The zero-order chi connectivity index (χ0) is 22.7. The van der Waals surface area contributed by atoms with Crippen molar-refractivity contribution in [2.24, 2.45) is 0 Å². The van der Waals surface area contributed by atoms with Crippen LogP contribution < -0.4 is 14.4 Å². The highest BCUT2D eigenvalue weighted by Crippen LogP contribution is 2.37. The first-order chi connectivity index (χ1) is 15.4. The Kier molecular flexibility index (Phi) is 6.49. The van der Waals surface area contributed by atoms with E-state index in [-0.39, 0.29) is 11.4 Å². The van der Waals surface area contributed by atoms with Gasteiger partial charge in [-0.2, -0.15) is 0 Å². The fraction of sp³-hybridized carbons (Fsp3) is 0.190. The molecule has 4 rings (SSSR count). The summed E-state index contributed by atoms with van der Waals surface area (Å²) in [6, 6.07) is 13.3. The van der Waals surface area contributed by atoms with E-state index in [0.717, 1.165) is 5.56 Å². The van der Waals surface area contributed by atoms with Gasteiger partial charge in [0, 0.05) is 5.75 Å². The molecule has 1 N–H and O–H groups in total. The number of fused-ring (bicyclic) bond motifs is 1. The summed E-state index contributed by atoms with van der Waals surface area (Å²) in [6.45, 7) is 5.37. The topological polar surface area (TPSA) is 101 Å². The summed E-state index contributed by atoms with van der Waals surface area (Å²) in [6.07, 6.45) is 0.694. The normalized spacial score (nSPS) is 15.5. The summed E-state index contributed by atoms with van der Waals surface area (Å²) in [4.78, 5) is 13.1. The molecule has 2 heterocycles. The van der Waals surface area contributed by atoms with Crippen LogP contribution in [0.2, 0.25) is 0 Å². The van der Waals surface area contributed by atoms with Crippen LogP contribution in [0.25, 0.3) is 0 Å². The zero-order valence-electron chi connectivity index (χ0n) is 17.1. The first kappa shape index (κ1) is 22.3. The summed E-state index contributed by atoms with van der Waals surface area (Å²) < 4.78 is 34.5. The van der Waals surface area contributed by atoms with Gasteiger partial charge in [0.25, 0.3) is 15.9 Å². The number of ether oxygens (including phenoxy) is 1. The van der Waals surface area contributed by atoms with Crippen LogP contribution in [0.5, 0.6) is 5.75 Å². The number of sulfonamides is 1.